The first-order chi connectivity index (χ1) is 17.4. The molecule has 2 unspecified atom stereocenters. The Morgan fingerprint density at radius 2 is 1.92 bits per heavy atom. The highest BCUT2D eigenvalue weighted by Crippen LogP contribution is 2.35. The maximum absolute atomic E-state index is 13.4. The third kappa shape index (κ3) is 4.66. The summed E-state index contributed by atoms with van der Waals surface area (Å²) in [5.41, 5.74) is 3.27. The molecule has 3 amide bonds. The van der Waals surface area contributed by atoms with E-state index in [9.17, 15) is 19.5 Å². The molecule has 5 rings (SSSR count). The number of aliphatic hydroxyl groups is 1. The topological polar surface area (TPSA) is 81.2 Å². The van der Waals surface area contributed by atoms with Crippen LogP contribution >= 0.6 is 11.3 Å². The van der Waals surface area contributed by atoms with Crippen LogP contribution in [0.1, 0.15) is 50.8 Å². The van der Waals surface area contributed by atoms with E-state index in [0.717, 1.165) is 24.0 Å². The van der Waals surface area contributed by atoms with Gasteiger partial charge in [-0.25, -0.2) is 0 Å². The molecule has 8 heteroatoms. The zero-order valence-corrected chi connectivity index (χ0v) is 21.0. The highest BCUT2D eigenvalue weighted by molar-refractivity contribution is 7.07. The summed E-state index contributed by atoms with van der Waals surface area (Å²) in [6.07, 6.45) is 0.790. The van der Waals surface area contributed by atoms with Crippen molar-refractivity contribution in [2.45, 2.75) is 25.5 Å². The molecule has 186 valence electrons. The number of imide groups is 1. The molecular weight excluding hydrogens is 474 g/mol. The molecule has 3 aromatic rings. The van der Waals surface area contributed by atoms with E-state index in [1.165, 1.54) is 16.2 Å². The minimum Gasteiger partial charge on any atom is -0.387 e. The van der Waals surface area contributed by atoms with E-state index < -0.39 is 6.10 Å². The molecule has 3 heterocycles. The number of thiophene rings is 1. The Morgan fingerprint density at radius 1 is 1.11 bits per heavy atom. The van der Waals surface area contributed by atoms with Crippen molar-refractivity contribution >= 4 is 34.7 Å². The van der Waals surface area contributed by atoms with Gasteiger partial charge in [0.2, 0.25) is 5.91 Å². The van der Waals surface area contributed by atoms with Crippen LogP contribution in [0.4, 0.5) is 5.69 Å². The number of benzene rings is 2. The average molecular weight is 504 g/mol. The van der Waals surface area contributed by atoms with Crippen molar-refractivity contribution in [3.8, 4) is 0 Å². The Kier molecular flexibility index (Phi) is 6.89. The highest BCUT2D eigenvalue weighted by Gasteiger charge is 2.39. The van der Waals surface area contributed by atoms with Gasteiger partial charge in [0.1, 0.15) is 0 Å². The highest BCUT2D eigenvalue weighted by atomic mass is 32.1. The van der Waals surface area contributed by atoms with Gasteiger partial charge >= 0.3 is 0 Å². The number of amides is 3. The number of hydrogen-bond donors (Lipinski definition) is 1. The van der Waals surface area contributed by atoms with Gasteiger partial charge in [-0.05, 0) is 52.9 Å². The van der Waals surface area contributed by atoms with E-state index in [-0.39, 0.29) is 36.7 Å². The molecule has 2 aromatic carbocycles. The van der Waals surface area contributed by atoms with E-state index in [0.29, 0.717) is 29.9 Å². The number of aliphatic hydroxyl groups excluding tert-OH is 1. The van der Waals surface area contributed by atoms with E-state index in [1.54, 1.807) is 24.1 Å². The van der Waals surface area contributed by atoms with E-state index in [1.807, 2.05) is 53.2 Å². The first-order valence-electron chi connectivity index (χ1n) is 12.2. The predicted octanol–water partition coefficient (Wildman–Crippen LogP) is 3.95. The molecule has 0 bridgehead atoms. The lowest BCUT2D eigenvalue weighted by Crippen LogP contribution is -2.45. The second-order valence-electron chi connectivity index (χ2n) is 9.46. The normalized spacial score (nSPS) is 18.3. The summed E-state index contributed by atoms with van der Waals surface area (Å²) in [4.78, 5) is 44.7. The Morgan fingerprint density at radius 3 is 2.67 bits per heavy atom. The molecule has 7 nitrogen and oxygen atoms in total. The van der Waals surface area contributed by atoms with Crippen LogP contribution in [0.5, 0.6) is 0 Å². The average Bonchev–Trinajstić information content (AvgIpc) is 3.51. The number of fused-ring (bicyclic) bond motifs is 1. The van der Waals surface area contributed by atoms with Crippen molar-refractivity contribution in [1.29, 1.82) is 0 Å². The van der Waals surface area contributed by atoms with E-state index in [4.69, 9.17) is 0 Å². The largest absolute Gasteiger partial charge is 0.387 e. The summed E-state index contributed by atoms with van der Waals surface area (Å²) in [6, 6.07) is 16.6. The third-order valence-corrected chi connectivity index (χ3v) is 7.75. The molecule has 1 saturated heterocycles. The maximum Gasteiger partial charge on any atom is 0.263 e. The Labute approximate surface area is 214 Å². The minimum atomic E-state index is -0.755. The first-order valence-corrected chi connectivity index (χ1v) is 13.1. The van der Waals surface area contributed by atoms with E-state index >= 15 is 0 Å². The molecule has 1 aromatic heterocycles. The van der Waals surface area contributed by atoms with Crippen LogP contribution in [0, 0.1) is 5.92 Å². The Balaban J connectivity index is 1.31. The molecule has 0 aliphatic carbocycles. The van der Waals surface area contributed by atoms with Gasteiger partial charge in [-0.1, -0.05) is 36.4 Å². The van der Waals surface area contributed by atoms with Gasteiger partial charge in [-0.2, -0.15) is 11.3 Å². The summed E-state index contributed by atoms with van der Waals surface area (Å²) in [5, 5.41) is 14.4. The molecule has 0 radical (unpaired) electrons. The number of likely N-dealkylation sites (N-methyl/N-ethyl adjacent to an activating group) is 1. The molecule has 2 aliphatic rings. The molecule has 1 fully saturated rings. The van der Waals surface area contributed by atoms with Gasteiger partial charge in [0.25, 0.3) is 11.8 Å². The lowest BCUT2D eigenvalue weighted by Gasteiger charge is -2.36. The van der Waals surface area contributed by atoms with Crippen molar-refractivity contribution < 1.29 is 19.5 Å². The summed E-state index contributed by atoms with van der Waals surface area (Å²) in [7, 11) is 1.72. The molecular formula is C28H29N3O4S. The second-order valence-corrected chi connectivity index (χ2v) is 10.2. The fourth-order valence-corrected chi connectivity index (χ4v) is 5.79. The van der Waals surface area contributed by atoms with Crippen molar-refractivity contribution in [1.82, 2.24) is 9.80 Å². The number of hydrogen-bond acceptors (Lipinski definition) is 6. The Hall–Kier alpha value is -3.49. The molecule has 0 spiro atoms. The number of anilines is 1. The monoisotopic (exact) mass is 503 g/mol. The van der Waals surface area contributed by atoms with Crippen LogP contribution in [0.2, 0.25) is 0 Å². The third-order valence-electron chi connectivity index (χ3n) is 7.02. The van der Waals surface area contributed by atoms with Crippen LogP contribution in [-0.2, 0) is 11.3 Å². The van der Waals surface area contributed by atoms with Crippen LogP contribution < -0.4 is 4.90 Å². The summed E-state index contributed by atoms with van der Waals surface area (Å²) >= 11 is 1.53. The van der Waals surface area contributed by atoms with Crippen molar-refractivity contribution in [3.63, 3.8) is 0 Å². The number of rotatable bonds is 7. The lowest BCUT2D eigenvalue weighted by molar-refractivity contribution is -0.135. The fraction of sp³-hybridized carbons (Fsp3) is 0.321. The molecule has 36 heavy (non-hydrogen) atoms. The molecule has 2 aliphatic heterocycles. The minimum absolute atomic E-state index is 0.0243. The van der Waals surface area contributed by atoms with Crippen LogP contribution in [0.25, 0.3) is 0 Å². The number of carbonyl (C=O) groups is 3. The quantitative estimate of drug-likeness (QED) is 0.494. The van der Waals surface area contributed by atoms with Gasteiger partial charge in [-0.15, -0.1) is 0 Å². The summed E-state index contributed by atoms with van der Waals surface area (Å²) in [6.45, 7) is 1.64. The first kappa shape index (κ1) is 24.2. The fourth-order valence-electron chi connectivity index (χ4n) is 5.13. The molecule has 2 atom stereocenters. The van der Waals surface area contributed by atoms with Crippen LogP contribution in [-0.4, -0.2) is 59.3 Å². The summed E-state index contributed by atoms with van der Waals surface area (Å²) in [5.74, 6) is -0.837. The van der Waals surface area contributed by atoms with Gasteiger partial charge < -0.3 is 14.9 Å². The van der Waals surface area contributed by atoms with E-state index in [2.05, 4.69) is 4.90 Å². The predicted molar refractivity (Wildman–Crippen MR) is 139 cm³/mol. The smallest absolute Gasteiger partial charge is 0.263 e. The lowest BCUT2D eigenvalue weighted by atomic mass is 9.94. The van der Waals surface area contributed by atoms with Gasteiger partial charge in [-0.3, -0.25) is 19.3 Å². The SMILES string of the molecule is CN(CC(O)c1ccccc1)C(=O)C1CCCN(c2cccc3c2C(=O)N(Cc2ccsc2)C3=O)C1. The van der Waals surface area contributed by atoms with Gasteiger partial charge in [0.15, 0.2) is 0 Å². The van der Waals surface area contributed by atoms with Crippen molar-refractivity contribution in [2.24, 2.45) is 5.92 Å². The second kappa shape index (κ2) is 10.2. The number of carbonyl (C=O) groups excluding carboxylic acids is 3. The summed E-state index contributed by atoms with van der Waals surface area (Å²) < 4.78 is 0. The standard InChI is InChI=1S/C28H29N3O4S/c1-29(17-24(32)20-7-3-2-4-8-20)26(33)21-9-6-13-30(16-21)23-11-5-10-22-25(23)28(35)31(27(22)34)15-19-12-14-36-18-19/h2-5,7-8,10-12,14,18,21,24,32H,6,9,13,15-17H2,1H3. The zero-order valence-electron chi connectivity index (χ0n) is 20.2. The molecule has 1 N–H and O–H groups in total. The van der Waals surface area contributed by atoms with Crippen LogP contribution in [0.3, 0.4) is 0 Å². The van der Waals surface area contributed by atoms with Crippen molar-refractivity contribution in [3.05, 3.63) is 87.6 Å². The Bertz CT molecular complexity index is 1260. The number of nitrogens with zero attached hydrogens (tertiary/aromatic N) is 3. The molecule has 0 saturated carbocycles. The zero-order chi connectivity index (χ0) is 25.2. The van der Waals surface area contributed by atoms with Crippen LogP contribution in [0.15, 0.2) is 65.4 Å². The number of piperidine rings is 1. The van der Waals surface area contributed by atoms with Crippen molar-refractivity contribution in [2.75, 3.05) is 31.6 Å². The van der Waals surface area contributed by atoms with Gasteiger partial charge in [0, 0.05) is 20.1 Å². The maximum atomic E-state index is 13.4. The van der Waals surface area contributed by atoms with Gasteiger partial charge in [0.05, 0.1) is 41.9 Å².